The van der Waals surface area contributed by atoms with Gasteiger partial charge >= 0.3 is 0 Å². The largest absolute Gasteiger partial charge is 0.345 e. The summed E-state index contributed by atoms with van der Waals surface area (Å²) in [5, 5.41) is 3.21. The Bertz CT molecular complexity index is 896. The summed E-state index contributed by atoms with van der Waals surface area (Å²) in [5.74, 6) is -0.0579. The standard InChI is InChI=1S/C25H25NO/c1-3-24(22-16-14-19(2)15-17-22)26-25(27)23(21-12-8-5-9-13-21)18-20-10-6-4-7-11-20/h4-18,24H,3H2,1-2H3,(H,26,27)/b23-18+/t24-/m0/s1. The summed E-state index contributed by atoms with van der Waals surface area (Å²) in [6.07, 6.45) is 2.79. The van der Waals surface area contributed by atoms with Crippen LogP contribution in [0.3, 0.4) is 0 Å². The maximum Gasteiger partial charge on any atom is 0.252 e. The van der Waals surface area contributed by atoms with E-state index in [1.165, 1.54) is 5.56 Å². The highest BCUT2D eigenvalue weighted by Gasteiger charge is 2.17. The average Bonchev–Trinajstić information content (AvgIpc) is 2.72. The van der Waals surface area contributed by atoms with Crippen LogP contribution in [0.4, 0.5) is 0 Å². The minimum atomic E-state index is -0.0579. The fourth-order valence-corrected chi connectivity index (χ4v) is 3.07. The van der Waals surface area contributed by atoms with Gasteiger partial charge in [0.15, 0.2) is 0 Å². The van der Waals surface area contributed by atoms with Gasteiger partial charge in [0.25, 0.3) is 5.91 Å². The predicted octanol–water partition coefficient (Wildman–Crippen LogP) is 5.80. The van der Waals surface area contributed by atoms with Crippen LogP contribution in [-0.4, -0.2) is 5.91 Å². The third kappa shape index (κ3) is 4.95. The molecule has 1 amide bonds. The first-order chi connectivity index (χ1) is 13.2. The molecule has 2 heteroatoms. The van der Waals surface area contributed by atoms with E-state index >= 15 is 0 Å². The number of carbonyl (C=O) groups is 1. The number of carbonyl (C=O) groups excluding carboxylic acids is 1. The summed E-state index contributed by atoms with van der Waals surface area (Å²) >= 11 is 0. The van der Waals surface area contributed by atoms with E-state index < -0.39 is 0 Å². The Kier molecular flexibility index (Phi) is 6.22. The van der Waals surface area contributed by atoms with Gasteiger partial charge in [0.05, 0.1) is 6.04 Å². The molecule has 0 aromatic heterocycles. The SMILES string of the molecule is CC[C@H](NC(=O)/C(=C/c1ccccc1)c1ccccc1)c1ccc(C)cc1. The van der Waals surface area contributed by atoms with E-state index in [9.17, 15) is 4.79 Å². The van der Waals surface area contributed by atoms with Gasteiger partial charge in [-0.3, -0.25) is 4.79 Å². The van der Waals surface area contributed by atoms with Crippen LogP contribution < -0.4 is 5.32 Å². The molecule has 0 spiro atoms. The Morgan fingerprint density at radius 1 is 0.889 bits per heavy atom. The van der Waals surface area contributed by atoms with Gasteiger partial charge in [0.1, 0.15) is 0 Å². The first kappa shape index (κ1) is 18.7. The van der Waals surface area contributed by atoms with Crippen molar-refractivity contribution in [3.63, 3.8) is 0 Å². The molecule has 2 nitrogen and oxygen atoms in total. The van der Waals surface area contributed by atoms with Crippen LogP contribution in [0.2, 0.25) is 0 Å². The van der Waals surface area contributed by atoms with E-state index in [0.717, 1.165) is 23.1 Å². The summed E-state index contributed by atoms with van der Waals surface area (Å²) in [4.78, 5) is 13.2. The zero-order valence-corrected chi connectivity index (χ0v) is 15.9. The number of hydrogen-bond donors (Lipinski definition) is 1. The first-order valence-corrected chi connectivity index (χ1v) is 9.37. The van der Waals surface area contributed by atoms with E-state index in [0.29, 0.717) is 5.57 Å². The number of hydrogen-bond acceptors (Lipinski definition) is 1. The quantitative estimate of drug-likeness (QED) is 0.439. The zero-order chi connectivity index (χ0) is 19.1. The highest BCUT2D eigenvalue weighted by Crippen LogP contribution is 2.22. The lowest BCUT2D eigenvalue weighted by atomic mass is 9.99. The van der Waals surface area contributed by atoms with Crippen molar-refractivity contribution < 1.29 is 4.79 Å². The second-order valence-electron chi connectivity index (χ2n) is 6.68. The van der Waals surface area contributed by atoms with E-state index in [4.69, 9.17) is 0 Å². The van der Waals surface area contributed by atoms with Gasteiger partial charge in [-0.15, -0.1) is 0 Å². The highest BCUT2D eigenvalue weighted by atomic mass is 16.1. The molecule has 0 heterocycles. The van der Waals surface area contributed by atoms with E-state index in [1.54, 1.807) is 0 Å². The molecule has 0 saturated carbocycles. The fraction of sp³-hybridized carbons (Fsp3) is 0.160. The Labute approximate surface area is 161 Å². The number of nitrogens with one attached hydrogen (secondary N) is 1. The molecular formula is C25H25NO. The molecule has 0 bridgehead atoms. The topological polar surface area (TPSA) is 29.1 Å². The van der Waals surface area contributed by atoms with Crippen LogP contribution in [0.15, 0.2) is 84.9 Å². The molecule has 0 aliphatic heterocycles. The van der Waals surface area contributed by atoms with Gasteiger partial charge in [0, 0.05) is 5.57 Å². The summed E-state index contributed by atoms with van der Waals surface area (Å²) in [7, 11) is 0. The minimum Gasteiger partial charge on any atom is -0.345 e. The number of amides is 1. The van der Waals surface area contributed by atoms with Gasteiger partial charge in [-0.05, 0) is 36.1 Å². The van der Waals surface area contributed by atoms with Crippen molar-refractivity contribution in [3.8, 4) is 0 Å². The lowest BCUT2D eigenvalue weighted by Gasteiger charge is -2.19. The zero-order valence-electron chi connectivity index (χ0n) is 15.9. The Morgan fingerprint density at radius 3 is 2.07 bits per heavy atom. The molecule has 3 aromatic rings. The maximum absolute atomic E-state index is 13.2. The van der Waals surface area contributed by atoms with Crippen molar-refractivity contribution in [2.24, 2.45) is 0 Å². The van der Waals surface area contributed by atoms with Crippen molar-refractivity contribution in [1.82, 2.24) is 5.32 Å². The molecule has 0 aliphatic rings. The van der Waals surface area contributed by atoms with Crippen LogP contribution in [-0.2, 0) is 4.79 Å². The number of rotatable bonds is 6. The molecule has 0 unspecified atom stereocenters. The molecule has 3 rings (SSSR count). The smallest absolute Gasteiger partial charge is 0.252 e. The average molecular weight is 355 g/mol. The predicted molar refractivity (Wildman–Crippen MR) is 113 cm³/mol. The van der Waals surface area contributed by atoms with Crippen molar-refractivity contribution >= 4 is 17.6 Å². The van der Waals surface area contributed by atoms with Crippen LogP contribution in [0.1, 0.15) is 41.6 Å². The molecule has 0 saturated heterocycles. The summed E-state index contributed by atoms with van der Waals surface area (Å²) < 4.78 is 0. The van der Waals surface area contributed by atoms with Gasteiger partial charge in [0.2, 0.25) is 0 Å². The molecule has 0 fully saturated rings. The third-order valence-electron chi connectivity index (χ3n) is 4.63. The Morgan fingerprint density at radius 2 is 1.48 bits per heavy atom. The summed E-state index contributed by atoms with van der Waals surface area (Å²) in [5.41, 5.74) is 4.94. The van der Waals surface area contributed by atoms with E-state index in [2.05, 4.69) is 43.4 Å². The van der Waals surface area contributed by atoms with Gasteiger partial charge in [-0.25, -0.2) is 0 Å². The van der Waals surface area contributed by atoms with Gasteiger partial charge in [-0.2, -0.15) is 0 Å². The second-order valence-corrected chi connectivity index (χ2v) is 6.68. The molecule has 1 atom stereocenters. The van der Waals surface area contributed by atoms with Crippen LogP contribution in [0.25, 0.3) is 11.6 Å². The minimum absolute atomic E-state index is 0.0130. The third-order valence-corrected chi connectivity index (χ3v) is 4.63. The lowest BCUT2D eigenvalue weighted by Crippen LogP contribution is -2.28. The van der Waals surface area contributed by atoms with Crippen LogP contribution >= 0.6 is 0 Å². The van der Waals surface area contributed by atoms with Gasteiger partial charge < -0.3 is 5.32 Å². The van der Waals surface area contributed by atoms with Crippen molar-refractivity contribution in [3.05, 3.63) is 107 Å². The maximum atomic E-state index is 13.2. The summed E-state index contributed by atoms with van der Waals surface area (Å²) in [6, 6.07) is 28.1. The molecule has 1 N–H and O–H groups in total. The van der Waals surface area contributed by atoms with Crippen molar-refractivity contribution in [2.45, 2.75) is 26.3 Å². The lowest BCUT2D eigenvalue weighted by molar-refractivity contribution is -0.116. The van der Waals surface area contributed by atoms with Crippen LogP contribution in [0.5, 0.6) is 0 Å². The molecule has 3 aromatic carbocycles. The Balaban J connectivity index is 1.91. The first-order valence-electron chi connectivity index (χ1n) is 9.37. The number of benzene rings is 3. The highest BCUT2D eigenvalue weighted by molar-refractivity contribution is 6.24. The second kappa shape index (κ2) is 9.00. The van der Waals surface area contributed by atoms with E-state index in [-0.39, 0.29) is 11.9 Å². The van der Waals surface area contributed by atoms with E-state index in [1.807, 2.05) is 66.7 Å². The van der Waals surface area contributed by atoms with Crippen molar-refractivity contribution in [2.75, 3.05) is 0 Å². The molecule has 27 heavy (non-hydrogen) atoms. The fourth-order valence-electron chi connectivity index (χ4n) is 3.07. The molecule has 0 radical (unpaired) electrons. The van der Waals surface area contributed by atoms with Gasteiger partial charge in [-0.1, -0.05) is 97.4 Å². The summed E-state index contributed by atoms with van der Waals surface area (Å²) in [6.45, 7) is 4.16. The van der Waals surface area contributed by atoms with Crippen molar-refractivity contribution in [1.29, 1.82) is 0 Å². The molecule has 0 aliphatic carbocycles. The van der Waals surface area contributed by atoms with Crippen LogP contribution in [0, 0.1) is 6.92 Å². The number of aryl methyl sites for hydroxylation is 1. The normalized spacial score (nSPS) is 12.4. The molecular weight excluding hydrogens is 330 g/mol. The molecule has 136 valence electrons. The monoisotopic (exact) mass is 355 g/mol. The Hall–Kier alpha value is -3.13.